The standard InChI is InChI=1S/C27H26BrN5O3/c1-4-15-7-6-8-16(5-2)22(15)31-26(34)24-19-11-9-17-14-29-27(32-23(17)25(19)36-33-24)30-20-12-10-18(28)13-21(20)35-3/h6-8,10,12-14H,4-5,9,11H2,1-3H3,(H,31,34)(H,29,30,32). The maximum absolute atomic E-state index is 13.3. The van der Waals surface area contributed by atoms with Gasteiger partial charge in [-0.25, -0.2) is 9.97 Å². The molecule has 0 aliphatic heterocycles. The molecule has 0 saturated heterocycles. The summed E-state index contributed by atoms with van der Waals surface area (Å²) in [6, 6.07) is 11.7. The van der Waals surface area contributed by atoms with Crippen molar-refractivity contribution in [1.82, 2.24) is 15.1 Å². The van der Waals surface area contributed by atoms with Crippen LogP contribution < -0.4 is 15.4 Å². The molecule has 1 aliphatic rings. The van der Waals surface area contributed by atoms with Gasteiger partial charge in [0.05, 0.1) is 12.8 Å². The molecule has 1 amide bonds. The smallest absolute Gasteiger partial charge is 0.278 e. The first-order chi connectivity index (χ1) is 17.5. The Labute approximate surface area is 217 Å². The lowest BCUT2D eigenvalue weighted by atomic mass is 9.93. The second-order valence-electron chi connectivity index (χ2n) is 8.49. The summed E-state index contributed by atoms with van der Waals surface area (Å²) in [5.41, 5.74) is 6.43. The van der Waals surface area contributed by atoms with Crippen LogP contribution in [-0.4, -0.2) is 28.1 Å². The van der Waals surface area contributed by atoms with E-state index in [1.165, 1.54) is 0 Å². The number of carbonyl (C=O) groups excluding carboxylic acids is 1. The number of rotatable bonds is 7. The predicted octanol–water partition coefficient (Wildman–Crippen LogP) is 6.12. The van der Waals surface area contributed by atoms with Crippen molar-refractivity contribution in [2.75, 3.05) is 17.7 Å². The van der Waals surface area contributed by atoms with E-state index < -0.39 is 0 Å². The first-order valence-corrected chi connectivity index (χ1v) is 12.7. The van der Waals surface area contributed by atoms with Gasteiger partial charge in [-0.1, -0.05) is 53.1 Å². The molecule has 0 radical (unpaired) electrons. The number of fused-ring (bicyclic) bond motifs is 3. The summed E-state index contributed by atoms with van der Waals surface area (Å²) < 4.78 is 12.1. The Balaban J connectivity index is 1.45. The summed E-state index contributed by atoms with van der Waals surface area (Å²) in [6.07, 6.45) is 4.75. The van der Waals surface area contributed by atoms with E-state index in [4.69, 9.17) is 14.2 Å². The summed E-state index contributed by atoms with van der Waals surface area (Å²) in [4.78, 5) is 22.5. The van der Waals surface area contributed by atoms with E-state index in [2.05, 4.69) is 50.6 Å². The number of nitrogens with zero attached hydrogens (tertiary/aromatic N) is 3. The average Bonchev–Trinajstić information content (AvgIpc) is 3.34. The van der Waals surface area contributed by atoms with Gasteiger partial charge in [-0.05, 0) is 55.0 Å². The number of carbonyl (C=O) groups is 1. The van der Waals surface area contributed by atoms with Crippen molar-refractivity contribution < 1.29 is 14.1 Å². The molecule has 36 heavy (non-hydrogen) atoms. The number of hydrogen-bond donors (Lipinski definition) is 2. The second kappa shape index (κ2) is 10.1. The Morgan fingerprint density at radius 2 is 1.92 bits per heavy atom. The number of hydrogen-bond acceptors (Lipinski definition) is 7. The number of ether oxygens (including phenoxy) is 1. The minimum Gasteiger partial charge on any atom is -0.495 e. The molecule has 0 saturated carbocycles. The van der Waals surface area contributed by atoms with E-state index in [9.17, 15) is 4.79 Å². The lowest BCUT2D eigenvalue weighted by molar-refractivity contribution is 0.101. The van der Waals surface area contributed by atoms with E-state index in [0.29, 0.717) is 41.7 Å². The zero-order valence-corrected chi connectivity index (χ0v) is 21.9. The van der Waals surface area contributed by atoms with E-state index in [-0.39, 0.29) is 5.91 Å². The van der Waals surface area contributed by atoms with E-state index in [0.717, 1.165) is 50.9 Å². The third-order valence-corrected chi connectivity index (χ3v) is 6.87. The zero-order chi connectivity index (χ0) is 25.2. The summed E-state index contributed by atoms with van der Waals surface area (Å²) in [5, 5.41) is 10.5. The number of amides is 1. The van der Waals surface area contributed by atoms with Crippen LogP contribution in [0.5, 0.6) is 5.75 Å². The van der Waals surface area contributed by atoms with Crippen LogP contribution >= 0.6 is 15.9 Å². The Bertz CT molecular complexity index is 1430. The number of benzene rings is 2. The molecule has 0 fully saturated rings. The molecule has 8 nitrogen and oxygen atoms in total. The van der Waals surface area contributed by atoms with Crippen LogP contribution in [0.2, 0.25) is 0 Å². The first kappa shape index (κ1) is 24.0. The zero-order valence-electron chi connectivity index (χ0n) is 20.3. The molecule has 0 atom stereocenters. The molecular formula is C27H26BrN5O3. The highest BCUT2D eigenvalue weighted by Crippen LogP contribution is 2.36. The highest BCUT2D eigenvalue weighted by molar-refractivity contribution is 9.10. The summed E-state index contributed by atoms with van der Waals surface area (Å²) in [5.74, 6) is 1.29. The molecule has 184 valence electrons. The minimum atomic E-state index is -0.272. The molecule has 0 spiro atoms. The van der Waals surface area contributed by atoms with Crippen molar-refractivity contribution in [3.05, 3.63) is 75.0 Å². The van der Waals surface area contributed by atoms with Gasteiger partial charge in [0, 0.05) is 27.5 Å². The van der Waals surface area contributed by atoms with Gasteiger partial charge in [0.15, 0.2) is 11.5 Å². The lowest BCUT2D eigenvalue weighted by Crippen LogP contribution is -2.18. The molecule has 4 aromatic rings. The van der Waals surface area contributed by atoms with Crippen LogP contribution in [0, 0.1) is 0 Å². The Kier molecular flexibility index (Phi) is 6.73. The molecule has 2 heterocycles. The van der Waals surface area contributed by atoms with Crippen molar-refractivity contribution in [1.29, 1.82) is 0 Å². The van der Waals surface area contributed by atoms with Gasteiger partial charge in [-0.3, -0.25) is 4.79 Å². The van der Waals surface area contributed by atoms with E-state index >= 15 is 0 Å². The molecular weight excluding hydrogens is 522 g/mol. The van der Waals surface area contributed by atoms with Gasteiger partial charge in [0.25, 0.3) is 5.91 Å². The summed E-state index contributed by atoms with van der Waals surface area (Å²) in [7, 11) is 1.61. The minimum absolute atomic E-state index is 0.272. The van der Waals surface area contributed by atoms with Gasteiger partial charge in [0.1, 0.15) is 11.4 Å². The third-order valence-electron chi connectivity index (χ3n) is 6.37. The monoisotopic (exact) mass is 547 g/mol. The van der Waals surface area contributed by atoms with Gasteiger partial charge in [-0.15, -0.1) is 0 Å². The van der Waals surface area contributed by atoms with Crippen molar-refractivity contribution in [3.8, 4) is 17.2 Å². The van der Waals surface area contributed by atoms with Crippen molar-refractivity contribution >= 4 is 39.2 Å². The Morgan fingerprint density at radius 3 is 2.64 bits per heavy atom. The largest absolute Gasteiger partial charge is 0.495 e. The highest BCUT2D eigenvalue weighted by atomic mass is 79.9. The fraction of sp³-hybridized carbons (Fsp3) is 0.259. The fourth-order valence-electron chi connectivity index (χ4n) is 4.48. The summed E-state index contributed by atoms with van der Waals surface area (Å²) >= 11 is 3.45. The van der Waals surface area contributed by atoms with Gasteiger partial charge >= 0.3 is 0 Å². The molecule has 2 N–H and O–H groups in total. The Morgan fingerprint density at radius 1 is 1.14 bits per heavy atom. The molecule has 9 heteroatoms. The van der Waals surface area contributed by atoms with Crippen LogP contribution in [-0.2, 0) is 25.7 Å². The van der Waals surface area contributed by atoms with E-state index in [1.807, 2.05) is 36.4 Å². The third kappa shape index (κ3) is 4.46. The highest BCUT2D eigenvalue weighted by Gasteiger charge is 2.30. The molecule has 1 aliphatic carbocycles. The fourth-order valence-corrected chi connectivity index (χ4v) is 4.82. The molecule has 5 rings (SSSR count). The maximum atomic E-state index is 13.3. The predicted molar refractivity (Wildman–Crippen MR) is 142 cm³/mol. The molecule has 2 aromatic carbocycles. The number of para-hydroxylation sites is 1. The number of anilines is 3. The normalized spacial score (nSPS) is 12.0. The van der Waals surface area contributed by atoms with Crippen LogP contribution in [0.1, 0.15) is 46.6 Å². The van der Waals surface area contributed by atoms with Crippen molar-refractivity contribution in [2.45, 2.75) is 39.5 Å². The second-order valence-corrected chi connectivity index (χ2v) is 9.40. The van der Waals surface area contributed by atoms with E-state index in [1.54, 1.807) is 13.3 Å². The van der Waals surface area contributed by atoms with Crippen LogP contribution in [0.4, 0.5) is 17.3 Å². The van der Waals surface area contributed by atoms with Gasteiger partial charge in [-0.2, -0.15) is 0 Å². The molecule has 2 aromatic heterocycles. The molecule has 0 bridgehead atoms. The van der Waals surface area contributed by atoms with Gasteiger partial charge in [0.2, 0.25) is 5.95 Å². The van der Waals surface area contributed by atoms with Crippen LogP contribution in [0.25, 0.3) is 11.5 Å². The maximum Gasteiger partial charge on any atom is 0.278 e. The first-order valence-electron chi connectivity index (χ1n) is 11.9. The SMILES string of the molecule is CCc1cccc(CC)c1NC(=O)c1noc2c1CCc1cnc(Nc3ccc(Br)cc3OC)nc1-2. The number of nitrogens with one attached hydrogen (secondary N) is 2. The molecule has 0 unspecified atom stereocenters. The summed E-state index contributed by atoms with van der Waals surface area (Å²) in [6.45, 7) is 4.16. The quantitative estimate of drug-likeness (QED) is 0.287. The van der Waals surface area contributed by atoms with Crippen LogP contribution in [0.3, 0.4) is 0 Å². The Hall–Kier alpha value is -3.72. The number of methoxy groups -OCH3 is 1. The number of halogens is 1. The topological polar surface area (TPSA) is 102 Å². The van der Waals surface area contributed by atoms with Crippen molar-refractivity contribution in [3.63, 3.8) is 0 Å². The van der Waals surface area contributed by atoms with Gasteiger partial charge < -0.3 is 19.9 Å². The average molecular weight is 548 g/mol. The van der Waals surface area contributed by atoms with Crippen molar-refractivity contribution in [2.24, 2.45) is 0 Å². The lowest BCUT2D eigenvalue weighted by Gasteiger charge is -2.16. The van der Waals surface area contributed by atoms with Crippen LogP contribution in [0.15, 0.2) is 51.6 Å². The number of aryl methyl sites for hydroxylation is 3. The number of aromatic nitrogens is 3.